The predicted octanol–water partition coefficient (Wildman–Crippen LogP) is 1.15. The molecule has 0 radical (unpaired) electrons. The lowest BCUT2D eigenvalue weighted by Crippen LogP contribution is -2.44. The monoisotopic (exact) mass is 336 g/mol. The van der Waals surface area contributed by atoms with Crippen LogP contribution in [0.15, 0.2) is 32.5 Å². The van der Waals surface area contributed by atoms with Gasteiger partial charge in [-0.2, -0.15) is 0 Å². The second kappa shape index (κ2) is 6.86. The fourth-order valence-electron chi connectivity index (χ4n) is 2.42. The van der Waals surface area contributed by atoms with Gasteiger partial charge in [0.2, 0.25) is 11.8 Å². The van der Waals surface area contributed by atoms with Gasteiger partial charge >= 0.3 is 0 Å². The van der Waals surface area contributed by atoms with E-state index in [1.807, 2.05) is 0 Å². The quantitative estimate of drug-likeness (QED) is 0.814. The van der Waals surface area contributed by atoms with E-state index in [9.17, 15) is 9.59 Å². The summed E-state index contributed by atoms with van der Waals surface area (Å²) in [5.41, 5.74) is 5.32. The Labute approximate surface area is 136 Å². The second-order valence-corrected chi connectivity index (χ2v) is 6.15. The number of piperidine rings is 1. The highest BCUT2D eigenvalue weighted by Gasteiger charge is 2.27. The van der Waals surface area contributed by atoms with Crippen molar-refractivity contribution in [2.24, 2.45) is 11.7 Å². The predicted molar refractivity (Wildman–Crippen MR) is 81.2 cm³/mol. The summed E-state index contributed by atoms with van der Waals surface area (Å²) in [6, 6.07) is 3.44. The summed E-state index contributed by atoms with van der Waals surface area (Å²) < 4.78 is 10.6. The highest BCUT2D eigenvalue weighted by Crippen LogP contribution is 2.24. The first kappa shape index (κ1) is 15.6. The third-order valence-corrected chi connectivity index (χ3v) is 4.44. The first-order valence-corrected chi connectivity index (χ1v) is 8.19. The lowest BCUT2D eigenvalue weighted by atomic mass is 9.97. The normalized spacial score (nSPS) is 18.1. The Kier molecular flexibility index (Phi) is 4.65. The van der Waals surface area contributed by atoms with Crippen LogP contribution in [0.5, 0.6) is 0 Å². The molecular formula is C14H16N4O4S. The fraction of sp³-hybridized carbons (Fsp3) is 0.429. The van der Waals surface area contributed by atoms with E-state index < -0.39 is 0 Å². The van der Waals surface area contributed by atoms with Gasteiger partial charge in [0, 0.05) is 13.1 Å². The van der Waals surface area contributed by atoms with Crippen molar-refractivity contribution in [2.45, 2.75) is 18.1 Å². The molecule has 2 aromatic rings. The summed E-state index contributed by atoms with van der Waals surface area (Å²) in [5.74, 6) is 0.249. The SMILES string of the molecule is NC(=O)[C@@H]1CCCN(C(=O)CSc2nnc(-c3ccco3)o2)C1. The summed E-state index contributed by atoms with van der Waals surface area (Å²) in [6.45, 7) is 1.03. The minimum atomic E-state index is -0.352. The molecular weight excluding hydrogens is 320 g/mol. The molecule has 122 valence electrons. The summed E-state index contributed by atoms with van der Waals surface area (Å²) in [6.07, 6.45) is 3.04. The minimum absolute atomic E-state index is 0.0706. The molecule has 9 heteroatoms. The van der Waals surface area contributed by atoms with Crippen LogP contribution in [0, 0.1) is 5.92 Å². The van der Waals surface area contributed by atoms with E-state index in [-0.39, 0.29) is 29.4 Å². The highest BCUT2D eigenvalue weighted by molar-refractivity contribution is 7.99. The molecule has 23 heavy (non-hydrogen) atoms. The molecule has 3 heterocycles. The molecule has 1 aliphatic heterocycles. The maximum absolute atomic E-state index is 12.2. The Morgan fingerprint density at radius 3 is 3.04 bits per heavy atom. The molecule has 0 aliphatic carbocycles. The van der Waals surface area contributed by atoms with E-state index in [2.05, 4.69) is 10.2 Å². The Hall–Kier alpha value is -2.29. The third kappa shape index (κ3) is 3.73. The van der Waals surface area contributed by atoms with Crippen LogP contribution in [0.25, 0.3) is 11.7 Å². The number of furan rings is 1. The summed E-state index contributed by atoms with van der Waals surface area (Å²) >= 11 is 1.16. The molecule has 2 aromatic heterocycles. The van der Waals surface area contributed by atoms with Gasteiger partial charge in [0.15, 0.2) is 5.76 Å². The van der Waals surface area contributed by atoms with Crippen LogP contribution < -0.4 is 5.73 Å². The van der Waals surface area contributed by atoms with Crippen molar-refractivity contribution in [1.29, 1.82) is 0 Å². The number of thioether (sulfide) groups is 1. The summed E-state index contributed by atoms with van der Waals surface area (Å²) in [5, 5.41) is 8.04. The molecule has 8 nitrogen and oxygen atoms in total. The average Bonchev–Trinajstić information content (AvgIpc) is 3.23. The van der Waals surface area contributed by atoms with Crippen LogP contribution in [0.4, 0.5) is 0 Å². The van der Waals surface area contributed by atoms with Gasteiger partial charge < -0.3 is 19.5 Å². The van der Waals surface area contributed by atoms with E-state index in [4.69, 9.17) is 14.6 Å². The van der Waals surface area contributed by atoms with Crippen LogP contribution >= 0.6 is 11.8 Å². The third-order valence-electron chi connectivity index (χ3n) is 3.63. The number of likely N-dealkylation sites (tertiary alicyclic amines) is 1. The van der Waals surface area contributed by atoms with E-state index in [0.29, 0.717) is 24.1 Å². The first-order chi connectivity index (χ1) is 11.1. The largest absolute Gasteiger partial charge is 0.459 e. The van der Waals surface area contributed by atoms with Crippen LogP contribution in [-0.2, 0) is 9.59 Å². The number of amides is 2. The molecule has 1 atom stereocenters. The van der Waals surface area contributed by atoms with Crippen molar-refractivity contribution < 1.29 is 18.4 Å². The van der Waals surface area contributed by atoms with Crippen molar-refractivity contribution >= 4 is 23.6 Å². The molecule has 1 saturated heterocycles. The summed E-state index contributed by atoms with van der Waals surface area (Å²) in [7, 11) is 0. The Morgan fingerprint density at radius 1 is 1.43 bits per heavy atom. The van der Waals surface area contributed by atoms with Gasteiger partial charge in [-0.25, -0.2) is 0 Å². The van der Waals surface area contributed by atoms with Crippen molar-refractivity contribution in [1.82, 2.24) is 15.1 Å². The topological polar surface area (TPSA) is 115 Å². The highest BCUT2D eigenvalue weighted by atomic mass is 32.2. The Bertz CT molecular complexity index is 685. The van der Waals surface area contributed by atoms with Gasteiger partial charge in [-0.1, -0.05) is 11.8 Å². The molecule has 1 aliphatic rings. The Balaban J connectivity index is 1.54. The molecule has 2 N–H and O–H groups in total. The van der Waals surface area contributed by atoms with Crippen molar-refractivity contribution in [2.75, 3.05) is 18.8 Å². The molecule has 3 rings (SSSR count). The standard InChI is InChI=1S/C14H16N4O4S/c15-12(20)9-3-1-5-18(7-9)11(19)8-23-14-17-16-13(22-14)10-4-2-6-21-10/h2,4,6,9H,1,3,5,7-8H2,(H2,15,20)/t9-/m1/s1. The van der Waals surface area contributed by atoms with E-state index >= 15 is 0 Å². The lowest BCUT2D eigenvalue weighted by Gasteiger charge is -2.31. The molecule has 0 bridgehead atoms. The van der Waals surface area contributed by atoms with Crippen LogP contribution in [0.3, 0.4) is 0 Å². The van der Waals surface area contributed by atoms with Gasteiger partial charge in [-0.05, 0) is 25.0 Å². The van der Waals surface area contributed by atoms with Gasteiger partial charge in [0.25, 0.3) is 11.1 Å². The van der Waals surface area contributed by atoms with Crippen LogP contribution in [0.2, 0.25) is 0 Å². The Morgan fingerprint density at radius 2 is 2.30 bits per heavy atom. The van der Waals surface area contributed by atoms with Gasteiger partial charge in [0.1, 0.15) is 0 Å². The zero-order valence-electron chi connectivity index (χ0n) is 12.3. The lowest BCUT2D eigenvalue weighted by molar-refractivity contribution is -0.132. The van der Waals surface area contributed by atoms with Crippen LogP contribution in [0.1, 0.15) is 12.8 Å². The number of rotatable bonds is 5. The minimum Gasteiger partial charge on any atom is -0.459 e. The maximum atomic E-state index is 12.2. The summed E-state index contributed by atoms with van der Waals surface area (Å²) in [4.78, 5) is 25.1. The van der Waals surface area contributed by atoms with Gasteiger partial charge in [0.05, 0.1) is 17.9 Å². The van der Waals surface area contributed by atoms with Crippen molar-refractivity contribution in [3.63, 3.8) is 0 Å². The molecule has 0 spiro atoms. The molecule has 0 aromatic carbocycles. The molecule has 0 unspecified atom stereocenters. The van der Waals surface area contributed by atoms with Gasteiger partial charge in [-0.15, -0.1) is 10.2 Å². The number of nitrogens with zero attached hydrogens (tertiary/aromatic N) is 3. The molecule has 2 amide bonds. The van der Waals surface area contributed by atoms with E-state index in [1.54, 1.807) is 17.0 Å². The zero-order chi connectivity index (χ0) is 16.2. The number of carbonyl (C=O) groups excluding carboxylic acids is 2. The van der Waals surface area contributed by atoms with Gasteiger partial charge in [-0.3, -0.25) is 9.59 Å². The molecule has 1 fully saturated rings. The molecule has 0 saturated carbocycles. The van der Waals surface area contributed by atoms with Crippen LogP contribution in [-0.4, -0.2) is 45.8 Å². The maximum Gasteiger partial charge on any atom is 0.284 e. The second-order valence-electron chi connectivity index (χ2n) is 5.22. The number of nitrogens with two attached hydrogens (primary N) is 1. The smallest absolute Gasteiger partial charge is 0.284 e. The zero-order valence-corrected chi connectivity index (χ0v) is 13.1. The van der Waals surface area contributed by atoms with E-state index in [0.717, 1.165) is 24.6 Å². The number of aromatic nitrogens is 2. The fourth-order valence-corrected chi connectivity index (χ4v) is 3.08. The van der Waals surface area contributed by atoms with Crippen molar-refractivity contribution in [3.8, 4) is 11.7 Å². The number of hydrogen-bond donors (Lipinski definition) is 1. The average molecular weight is 336 g/mol. The number of hydrogen-bond acceptors (Lipinski definition) is 7. The number of carbonyl (C=O) groups is 2. The first-order valence-electron chi connectivity index (χ1n) is 7.21. The van der Waals surface area contributed by atoms with Crippen molar-refractivity contribution in [3.05, 3.63) is 18.4 Å². The van der Waals surface area contributed by atoms with E-state index in [1.165, 1.54) is 6.26 Å². The number of primary amides is 1.